The molecule has 1 saturated heterocycles. The fraction of sp³-hybridized carbons (Fsp3) is 1.00. The van der Waals surface area contributed by atoms with Gasteiger partial charge in [-0.3, -0.25) is 0 Å². The number of rotatable bonds is 8. The lowest BCUT2D eigenvalue weighted by molar-refractivity contribution is 0.00977. The molecule has 0 saturated carbocycles. The number of hydrogen-bond donors (Lipinski definition) is 0. The van der Waals surface area contributed by atoms with Gasteiger partial charge >= 0.3 is 0 Å². The smallest absolute Gasteiger partial charge is 0.0575 e. The van der Waals surface area contributed by atoms with Crippen LogP contribution in [-0.4, -0.2) is 17.1 Å². The SMILES string of the molecule is ICCCCCCCCC1CCCCO1. The Balaban J connectivity index is 1.79. The Kier molecular flexibility index (Phi) is 9.06. The summed E-state index contributed by atoms with van der Waals surface area (Å²) in [5, 5.41) is 0. The lowest BCUT2D eigenvalue weighted by Crippen LogP contribution is -2.18. The minimum atomic E-state index is 0.605. The summed E-state index contributed by atoms with van der Waals surface area (Å²) in [6.07, 6.45) is 14.4. The van der Waals surface area contributed by atoms with Gasteiger partial charge in [-0.1, -0.05) is 54.7 Å². The average Bonchev–Trinajstić information content (AvgIpc) is 2.29. The molecule has 1 atom stereocenters. The van der Waals surface area contributed by atoms with Gasteiger partial charge in [0.2, 0.25) is 0 Å². The van der Waals surface area contributed by atoms with Crippen molar-refractivity contribution in [3.05, 3.63) is 0 Å². The van der Waals surface area contributed by atoms with E-state index in [0.717, 1.165) is 6.61 Å². The third-order valence-corrected chi connectivity index (χ3v) is 3.95. The maximum atomic E-state index is 5.72. The largest absolute Gasteiger partial charge is 0.378 e. The summed E-state index contributed by atoms with van der Waals surface area (Å²) in [4.78, 5) is 0. The molecule has 1 heterocycles. The summed E-state index contributed by atoms with van der Waals surface area (Å²) in [6.45, 7) is 1.01. The molecule has 1 aliphatic rings. The summed E-state index contributed by atoms with van der Waals surface area (Å²) in [6, 6.07) is 0. The monoisotopic (exact) mass is 324 g/mol. The zero-order valence-electron chi connectivity index (χ0n) is 9.85. The molecule has 0 aromatic carbocycles. The van der Waals surface area contributed by atoms with Crippen LogP contribution in [0.1, 0.15) is 64.2 Å². The predicted molar refractivity (Wildman–Crippen MR) is 74.8 cm³/mol. The van der Waals surface area contributed by atoms with Crippen LogP contribution in [0.15, 0.2) is 0 Å². The molecule has 0 spiro atoms. The van der Waals surface area contributed by atoms with E-state index in [0.29, 0.717) is 6.10 Å². The fourth-order valence-electron chi connectivity index (χ4n) is 2.21. The molecule has 0 aromatic rings. The quantitative estimate of drug-likeness (QED) is 0.357. The molecule has 0 bridgehead atoms. The second-order valence-electron chi connectivity index (χ2n) is 4.59. The minimum absolute atomic E-state index is 0.605. The van der Waals surface area contributed by atoms with Gasteiger partial charge in [-0.05, 0) is 36.5 Å². The second kappa shape index (κ2) is 9.88. The number of alkyl halides is 1. The lowest BCUT2D eigenvalue weighted by atomic mass is 10.0. The van der Waals surface area contributed by atoms with E-state index in [2.05, 4.69) is 22.6 Å². The molecule has 1 unspecified atom stereocenters. The molecule has 1 nitrogen and oxygen atoms in total. The van der Waals surface area contributed by atoms with Crippen molar-refractivity contribution in [3.63, 3.8) is 0 Å². The van der Waals surface area contributed by atoms with E-state index < -0.39 is 0 Å². The molecule has 90 valence electrons. The number of hydrogen-bond acceptors (Lipinski definition) is 1. The Morgan fingerprint density at radius 2 is 1.67 bits per heavy atom. The highest BCUT2D eigenvalue weighted by Gasteiger charge is 2.12. The van der Waals surface area contributed by atoms with Gasteiger partial charge < -0.3 is 4.74 Å². The van der Waals surface area contributed by atoms with E-state index in [9.17, 15) is 0 Å². The standard InChI is InChI=1S/C13H25IO/c14-11-7-4-2-1-3-5-9-13-10-6-8-12-15-13/h13H,1-12H2. The Labute approximate surface area is 108 Å². The zero-order valence-corrected chi connectivity index (χ0v) is 12.0. The molecule has 2 heteroatoms. The van der Waals surface area contributed by atoms with Crippen LogP contribution < -0.4 is 0 Å². The maximum Gasteiger partial charge on any atom is 0.0575 e. The van der Waals surface area contributed by atoms with Crippen molar-refractivity contribution < 1.29 is 4.74 Å². The van der Waals surface area contributed by atoms with Crippen molar-refractivity contribution in [3.8, 4) is 0 Å². The Morgan fingerprint density at radius 1 is 0.933 bits per heavy atom. The van der Waals surface area contributed by atoms with E-state index in [4.69, 9.17) is 4.74 Å². The van der Waals surface area contributed by atoms with E-state index in [-0.39, 0.29) is 0 Å². The van der Waals surface area contributed by atoms with Crippen LogP contribution in [0.25, 0.3) is 0 Å². The van der Waals surface area contributed by atoms with Crippen LogP contribution in [-0.2, 0) is 4.74 Å². The summed E-state index contributed by atoms with van der Waals surface area (Å²) in [5.41, 5.74) is 0. The van der Waals surface area contributed by atoms with Crippen LogP contribution in [0.4, 0.5) is 0 Å². The van der Waals surface area contributed by atoms with Crippen LogP contribution in [0.3, 0.4) is 0 Å². The van der Waals surface area contributed by atoms with Gasteiger partial charge in [0.05, 0.1) is 6.10 Å². The van der Waals surface area contributed by atoms with Crippen LogP contribution in [0.2, 0.25) is 0 Å². The third-order valence-electron chi connectivity index (χ3n) is 3.18. The molecule has 0 aromatic heterocycles. The molecule has 1 fully saturated rings. The van der Waals surface area contributed by atoms with E-state index >= 15 is 0 Å². The first kappa shape index (κ1) is 13.8. The maximum absolute atomic E-state index is 5.72. The fourth-order valence-corrected chi connectivity index (χ4v) is 2.75. The molecule has 15 heavy (non-hydrogen) atoms. The van der Waals surface area contributed by atoms with E-state index in [1.807, 2.05) is 0 Å². The molecular formula is C13H25IO. The van der Waals surface area contributed by atoms with Crippen molar-refractivity contribution >= 4 is 22.6 Å². The molecule has 0 aliphatic carbocycles. The van der Waals surface area contributed by atoms with Gasteiger partial charge in [-0.2, -0.15) is 0 Å². The number of halogens is 1. The van der Waals surface area contributed by atoms with E-state index in [1.54, 1.807) is 0 Å². The first-order valence-electron chi connectivity index (χ1n) is 6.61. The first-order valence-corrected chi connectivity index (χ1v) is 8.13. The van der Waals surface area contributed by atoms with Gasteiger partial charge in [-0.25, -0.2) is 0 Å². The number of unbranched alkanes of at least 4 members (excludes halogenated alkanes) is 5. The van der Waals surface area contributed by atoms with Gasteiger partial charge in [0.25, 0.3) is 0 Å². The first-order chi connectivity index (χ1) is 7.43. The van der Waals surface area contributed by atoms with Crippen LogP contribution >= 0.6 is 22.6 Å². The highest BCUT2D eigenvalue weighted by Crippen LogP contribution is 2.18. The minimum Gasteiger partial charge on any atom is -0.378 e. The molecule has 0 amide bonds. The van der Waals surface area contributed by atoms with Crippen molar-refractivity contribution in [1.82, 2.24) is 0 Å². The molecule has 1 rings (SSSR count). The van der Waals surface area contributed by atoms with Crippen LogP contribution in [0.5, 0.6) is 0 Å². The van der Waals surface area contributed by atoms with Gasteiger partial charge in [0.1, 0.15) is 0 Å². The van der Waals surface area contributed by atoms with Gasteiger partial charge in [0.15, 0.2) is 0 Å². The summed E-state index contributed by atoms with van der Waals surface area (Å²) in [7, 11) is 0. The van der Waals surface area contributed by atoms with Crippen molar-refractivity contribution in [1.29, 1.82) is 0 Å². The second-order valence-corrected chi connectivity index (χ2v) is 5.67. The third kappa shape index (κ3) is 7.56. The Morgan fingerprint density at radius 3 is 2.33 bits per heavy atom. The Hall–Kier alpha value is 0.690. The predicted octanol–water partition coefficient (Wildman–Crippen LogP) is 4.72. The Bertz CT molecular complexity index is 132. The molecular weight excluding hydrogens is 299 g/mol. The van der Waals surface area contributed by atoms with Crippen molar-refractivity contribution in [2.45, 2.75) is 70.3 Å². The van der Waals surface area contributed by atoms with E-state index in [1.165, 1.54) is 68.6 Å². The highest BCUT2D eigenvalue weighted by molar-refractivity contribution is 14.1. The topological polar surface area (TPSA) is 9.23 Å². The van der Waals surface area contributed by atoms with Crippen LogP contribution in [0, 0.1) is 0 Å². The summed E-state index contributed by atoms with van der Waals surface area (Å²) in [5.74, 6) is 0. The van der Waals surface area contributed by atoms with Gasteiger partial charge in [0, 0.05) is 6.61 Å². The average molecular weight is 324 g/mol. The normalized spacial score (nSPS) is 21.8. The number of ether oxygens (including phenoxy) is 1. The van der Waals surface area contributed by atoms with Crippen molar-refractivity contribution in [2.75, 3.05) is 11.0 Å². The zero-order chi connectivity index (χ0) is 10.8. The molecule has 0 radical (unpaired) electrons. The highest BCUT2D eigenvalue weighted by atomic mass is 127. The van der Waals surface area contributed by atoms with Gasteiger partial charge in [-0.15, -0.1) is 0 Å². The summed E-state index contributed by atoms with van der Waals surface area (Å²) < 4.78 is 7.05. The lowest BCUT2D eigenvalue weighted by Gasteiger charge is -2.22. The molecule has 0 N–H and O–H groups in total. The summed E-state index contributed by atoms with van der Waals surface area (Å²) >= 11 is 2.47. The van der Waals surface area contributed by atoms with Crippen molar-refractivity contribution in [2.24, 2.45) is 0 Å². The molecule has 1 aliphatic heterocycles.